The molecule has 0 aliphatic heterocycles. The molecule has 0 heterocycles. The fourth-order valence-electron chi connectivity index (χ4n) is 3.20. The zero-order valence-electron chi connectivity index (χ0n) is 17.4. The fraction of sp³-hybridized carbons (Fsp3) is 0.200. The SMILES string of the molecule is Cc1cc(C)c(NC(=O)COC(=O)c2ccc(OCc3ccccc3)cc2)c(C)c1. The van der Waals surface area contributed by atoms with Crippen LogP contribution >= 0.6 is 0 Å². The molecule has 0 aliphatic rings. The van der Waals surface area contributed by atoms with Crippen LogP contribution in [0.15, 0.2) is 66.7 Å². The van der Waals surface area contributed by atoms with Crippen molar-refractivity contribution in [2.75, 3.05) is 11.9 Å². The van der Waals surface area contributed by atoms with Gasteiger partial charge >= 0.3 is 5.97 Å². The number of amides is 1. The Morgan fingerprint density at radius 1 is 0.867 bits per heavy atom. The monoisotopic (exact) mass is 403 g/mol. The normalized spacial score (nSPS) is 10.4. The van der Waals surface area contributed by atoms with Crippen LogP contribution in [0.4, 0.5) is 5.69 Å². The van der Waals surface area contributed by atoms with E-state index in [0.717, 1.165) is 27.9 Å². The summed E-state index contributed by atoms with van der Waals surface area (Å²) in [5, 5.41) is 2.82. The highest BCUT2D eigenvalue weighted by Gasteiger charge is 2.13. The quantitative estimate of drug-likeness (QED) is 0.565. The fourth-order valence-corrected chi connectivity index (χ4v) is 3.20. The molecule has 1 amide bonds. The molecular formula is C25H25NO4. The maximum absolute atomic E-state index is 12.2. The van der Waals surface area contributed by atoms with Gasteiger partial charge in [0, 0.05) is 5.69 Å². The van der Waals surface area contributed by atoms with Crippen LogP contribution in [0.1, 0.15) is 32.6 Å². The van der Waals surface area contributed by atoms with E-state index in [0.29, 0.717) is 17.9 Å². The molecule has 1 N–H and O–H groups in total. The Balaban J connectivity index is 1.50. The molecule has 0 bridgehead atoms. The Morgan fingerprint density at radius 2 is 1.50 bits per heavy atom. The summed E-state index contributed by atoms with van der Waals surface area (Å²) >= 11 is 0. The number of carbonyl (C=O) groups excluding carboxylic acids is 2. The van der Waals surface area contributed by atoms with Crippen molar-refractivity contribution in [1.29, 1.82) is 0 Å². The van der Waals surface area contributed by atoms with E-state index in [4.69, 9.17) is 9.47 Å². The Kier molecular flexibility index (Phi) is 6.86. The van der Waals surface area contributed by atoms with E-state index >= 15 is 0 Å². The van der Waals surface area contributed by atoms with E-state index in [1.807, 2.05) is 63.2 Å². The molecule has 0 spiro atoms. The Labute approximate surface area is 176 Å². The Morgan fingerprint density at radius 3 is 2.13 bits per heavy atom. The smallest absolute Gasteiger partial charge is 0.338 e. The van der Waals surface area contributed by atoms with E-state index in [-0.39, 0.29) is 12.5 Å². The predicted octanol–water partition coefficient (Wildman–Crippen LogP) is 4.99. The number of benzene rings is 3. The van der Waals surface area contributed by atoms with Crippen LogP contribution < -0.4 is 10.1 Å². The summed E-state index contributed by atoms with van der Waals surface area (Å²) in [5.74, 6) is -0.281. The zero-order valence-corrected chi connectivity index (χ0v) is 17.4. The van der Waals surface area contributed by atoms with Crippen molar-refractivity contribution < 1.29 is 19.1 Å². The lowest BCUT2D eigenvalue weighted by molar-refractivity contribution is -0.119. The first-order valence-electron chi connectivity index (χ1n) is 9.74. The second-order valence-electron chi connectivity index (χ2n) is 7.20. The summed E-state index contributed by atoms with van der Waals surface area (Å²) in [6, 6.07) is 20.5. The van der Waals surface area contributed by atoms with E-state index in [1.54, 1.807) is 24.3 Å². The van der Waals surface area contributed by atoms with E-state index in [1.165, 1.54) is 0 Å². The van der Waals surface area contributed by atoms with Crippen LogP contribution in [-0.4, -0.2) is 18.5 Å². The molecule has 0 atom stereocenters. The van der Waals surface area contributed by atoms with E-state index in [2.05, 4.69) is 5.32 Å². The minimum Gasteiger partial charge on any atom is -0.489 e. The third kappa shape index (κ3) is 5.70. The van der Waals surface area contributed by atoms with Crippen LogP contribution in [0.2, 0.25) is 0 Å². The molecule has 3 aromatic carbocycles. The van der Waals surface area contributed by atoms with Crippen LogP contribution in [0.3, 0.4) is 0 Å². The maximum Gasteiger partial charge on any atom is 0.338 e. The highest BCUT2D eigenvalue weighted by molar-refractivity contribution is 5.96. The van der Waals surface area contributed by atoms with Crippen molar-refractivity contribution in [1.82, 2.24) is 0 Å². The topological polar surface area (TPSA) is 64.6 Å². The number of esters is 1. The van der Waals surface area contributed by atoms with Gasteiger partial charge in [0.15, 0.2) is 6.61 Å². The van der Waals surface area contributed by atoms with Gasteiger partial charge in [-0.3, -0.25) is 4.79 Å². The first-order chi connectivity index (χ1) is 14.4. The van der Waals surface area contributed by atoms with Crippen molar-refractivity contribution in [3.63, 3.8) is 0 Å². The van der Waals surface area contributed by atoms with Gasteiger partial charge in [-0.15, -0.1) is 0 Å². The van der Waals surface area contributed by atoms with Gasteiger partial charge in [0.2, 0.25) is 0 Å². The highest BCUT2D eigenvalue weighted by Crippen LogP contribution is 2.22. The number of nitrogens with one attached hydrogen (secondary N) is 1. The Bertz CT molecular complexity index is 1000. The number of anilines is 1. The van der Waals surface area contributed by atoms with Crippen LogP contribution in [0.5, 0.6) is 5.75 Å². The summed E-state index contributed by atoms with van der Waals surface area (Å²) in [5.41, 5.74) is 5.24. The van der Waals surface area contributed by atoms with Crippen LogP contribution in [0, 0.1) is 20.8 Å². The molecule has 0 unspecified atom stereocenters. The first kappa shape index (κ1) is 21.1. The van der Waals surface area contributed by atoms with Gasteiger partial charge in [-0.1, -0.05) is 48.0 Å². The standard InChI is InChI=1S/C25H25NO4/c1-17-13-18(2)24(19(3)14-17)26-23(27)16-30-25(28)21-9-11-22(12-10-21)29-15-20-7-5-4-6-8-20/h4-14H,15-16H2,1-3H3,(H,26,27). The van der Waals surface area contributed by atoms with Gasteiger partial charge in [-0.25, -0.2) is 4.79 Å². The largest absolute Gasteiger partial charge is 0.489 e. The average molecular weight is 403 g/mol. The molecule has 3 rings (SSSR count). The van der Waals surface area contributed by atoms with Crippen LogP contribution in [0.25, 0.3) is 0 Å². The summed E-state index contributed by atoms with van der Waals surface area (Å²) in [4.78, 5) is 24.4. The second-order valence-corrected chi connectivity index (χ2v) is 7.20. The molecule has 30 heavy (non-hydrogen) atoms. The molecule has 0 aromatic heterocycles. The summed E-state index contributed by atoms with van der Waals surface area (Å²) in [6.07, 6.45) is 0. The lowest BCUT2D eigenvalue weighted by Gasteiger charge is -2.13. The van der Waals surface area contributed by atoms with Crippen LogP contribution in [-0.2, 0) is 16.1 Å². The summed E-state index contributed by atoms with van der Waals surface area (Å²) < 4.78 is 10.8. The highest BCUT2D eigenvalue weighted by atomic mass is 16.5. The Hall–Kier alpha value is -3.60. The third-order valence-electron chi connectivity index (χ3n) is 4.61. The number of aryl methyl sites for hydroxylation is 3. The minimum absolute atomic E-state index is 0.349. The lowest BCUT2D eigenvalue weighted by Crippen LogP contribution is -2.22. The predicted molar refractivity (Wildman–Crippen MR) is 117 cm³/mol. The van der Waals surface area contributed by atoms with Gasteiger partial charge in [0.05, 0.1) is 5.56 Å². The lowest BCUT2D eigenvalue weighted by atomic mass is 10.1. The molecular weight excluding hydrogens is 378 g/mol. The minimum atomic E-state index is -0.558. The number of ether oxygens (including phenoxy) is 2. The molecule has 0 radical (unpaired) electrons. The van der Waals surface area contributed by atoms with E-state index < -0.39 is 5.97 Å². The van der Waals surface area contributed by atoms with Gasteiger partial charge in [0.25, 0.3) is 5.91 Å². The van der Waals surface area contributed by atoms with E-state index in [9.17, 15) is 9.59 Å². The van der Waals surface area contributed by atoms with Gasteiger partial charge in [-0.05, 0) is 61.7 Å². The average Bonchev–Trinajstić information content (AvgIpc) is 2.74. The molecule has 0 saturated carbocycles. The van der Waals surface area contributed by atoms with Gasteiger partial charge in [0.1, 0.15) is 12.4 Å². The summed E-state index contributed by atoms with van der Waals surface area (Å²) in [6.45, 7) is 5.97. The molecule has 0 fully saturated rings. The van der Waals surface area contributed by atoms with Crippen molar-refractivity contribution >= 4 is 17.6 Å². The number of hydrogen-bond donors (Lipinski definition) is 1. The molecule has 0 aliphatic carbocycles. The third-order valence-corrected chi connectivity index (χ3v) is 4.61. The first-order valence-corrected chi connectivity index (χ1v) is 9.74. The molecule has 3 aromatic rings. The zero-order chi connectivity index (χ0) is 21.5. The second kappa shape index (κ2) is 9.74. The van der Waals surface area contributed by atoms with Crippen molar-refractivity contribution in [3.05, 3.63) is 94.5 Å². The maximum atomic E-state index is 12.2. The van der Waals surface area contributed by atoms with Crippen molar-refractivity contribution in [2.24, 2.45) is 0 Å². The van der Waals surface area contributed by atoms with Crippen molar-refractivity contribution in [2.45, 2.75) is 27.4 Å². The number of rotatable bonds is 7. The molecule has 5 heteroatoms. The van der Waals surface area contributed by atoms with Crippen molar-refractivity contribution in [3.8, 4) is 5.75 Å². The molecule has 0 saturated heterocycles. The molecule has 154 valence electrons. The van der Waals surface area contributed by atoms with Gasteiger partial charge < -0.3 is 14.8 Å². The molecule has 5 nitrogen and oxygen atoms in total. The number of carbonyl (C=O) groups is 2. The summed E-state index contributed by atoms with van der Waals surface area (Å²) in [7, 11) is 0. The van der Waals surface area contributed by atoms with Gasteiger partial charge in [-0.2, -0.15) is 0 Å². The number of hydrogen-bond acceptors (Lipinski definition) is 4.